The van der Waals surface area contributed by atoms with Gasteiger partial charge >= 0.3 is 0 Å². The van der Waals surface area contributed by atoms with E-state index in [0.717, 1.165) is 8.96 Å². The summed E-state index contributed by atoms with van der Waals surface area (Å²) < 4.78 is 0.953. The molecule has 0 unspecified atom stereocenters. The van der Waals surface area contributed by atoms with E-state index in [2.05, 4.69) is 36.8 Å². The Bertz CT molecular complexity index is 197. The highest BCUT2D eigenvalue weighted by Crippen LogP contribution is 2.17. The van der Waals surface area contributed by atoms with E-state index in [1.54, 1.807) is 0 Å². The fraction of sp³-hybridized carbons (Fsp3) is 0. The number of hydrogen-bond acceptors (Lipinski definition) is 0. The number of nitrogens with one attached hydrogen (secondary N) is 1. The third-order valence-corrected chi connectivity index (χ3v) is 1.36. The minimum absolute atomic E-state index is 0.953. The molecule has 0 atom stereocenters. The van der Waals surface area contributed by atoms with Crippen molar-refractivity contribution in [1.82, 2.24) is 4.98 Å². The Kier molecular flexibility index (Phi) is 2.54. The molecule has 0 fully saturated rings. The van der Waals surface area contributed by atoms with Crippen LogP contribution in [0.15, 0.2) is 21.9 Å². The van der Waals surface area contributed by atoms with Crippen molar-refractivity contribution in [2.75, 3.05) is 0 Å². The van der Waals surface area contributed by atoms with Gasteiger partial charge in [-0.25, -0.2) is 0 Å². The second-order valence-electron chi connectivity index (χ2n) is 1.58. The Morgan fingerprint density at radius 3 is 2.78 bits per heavy atom. The van der Waals surface area contributed by atoms with Gasteiger partial charge < -0.3 is 4.98 Å². The van der Waals surface area contributed by atoms with Crippen LogP contribution in [0, 0.1) is 0 Å². The Morgan fingerprint density at radius 1 is 1.56 bits per heavy atom. The van der Waals surface area contributed by atoms with E-state index in [1.807, 2.05) is 24.5 Å². The molecule has 0 aliphatic rings. The van der Waals surface area contributed by atoms with Crippen molar-refractivity contribution >= 4 is 37.9 Å². The monoisotopic (exact) mass is 249 g/mol. The molecule has 0 spiro atoms. The summed E-state index contributed by atoms with van der Waals surface area (Å²) in [5, 5.41) is 0. The van der Waals surface area contributed by atoms with Crippen LogP contribution >= 0.6 is 31.9 Å². The zero-order valence-corrected chi connectivity index (χ0v) is 7.74. The van der Waals surface area contributed by atoms with Crippen molar-refractivity contribution in [3.8, 4) is 0 Å². The van der Waals surface area contributed by atoms with Crippen molar-refractivity contribution in [2.24, 2.45) is 0 Å². The summed E-state index contributed by atoms with van der Waals surface area (Å²) in [6.45, 7) is 0. The van der Waals surface area contributed by atoms with Gasteiger partial charge in [0.2, 0.25) is 0 Å². The number of H-pyrrole nitrogens is 1. The van der Waals surface area contributed by atoms with Gasteiger partial charge in [-0.2, -0.15) is 0 Å². The lowest BCUT2D eigenvalue weighted by molar-refractivity contribution is 1.41. The Balaban J connectivity index is 2.80. The number of halogens is 2. The molecule has 1 N–H and O–H groups in total. The summed E-state index contributed by atoms with van der Waals surface area (Å²) in [7, 11) is 0. The van der Waals surface area contributed by atoms with Gasteiger partial charge in [0, 0.05) is 12.4 Å². The molecular weight excluding hydrogens is 246 g/mol. The first-order valence-electron chi connectivity index (χ1n) is 2.44. The quantitative estimate of drug-likeness (QED) is 0.789. The highest BCUT2D eigenvalue weighted by Gasteiger charge is 1.85. The summed E-state index contributed by atoms with van der Waals surface area (Å²) in [6.07, 6.45) is 5.77. The second-order valence-corrected chi connectivity index (χ2v) is 4.35. The summed E-state index contributed by atoms with van der Waals surface area (Å²) in [5.41, 5.74) is 1.15. The maximum absolute atomic E-state index is 3.26. The predicted octanol–water partition coefficient (Wildman–Crippen LogP) is 3.10. The molecular formula is C6H5Br2N. The zero-order chi connectivity index (χ0) is 6.69. The van der Waals surface area contributed by atoms with Crippen LogP contribution in [0.1, 0.15) is 5.56 Å². The Morgan fingerprint density at radius 2 is 2.33 bits per heavy atom. The van der Waals surface area contributed by atoms with Gasteiger partial charge in [-0.05, 0) is 49.6 Å². The van der Waals surface area contributed by atoms with Crippen LogP contribution in [0.3, 0.4) is 0 Å². The third kappa shape index (κ3) is 2.37. The molecule has 0 aromatic carbocycles. The normalized spacial score (nSPS) is 9.11. The molecule has 48 valence electrons. The maximum atomic E-state index is 3.26. The van der Waals surface area contributed by atoms with E-state index in [4.69, 9.17) is 0 Å². The van der Waals surface area contributed by atoms with E-state index >= 15 is 0 Å². The van der Waals surface area contributed by atoms with E-state index in [9.17, 15) is 0 Å². The first-order valence-corrected chi connectivity index (χ1v) is 4.03. The lowest BCUT2D eigenvalue weighted by atomic mass is 10.3. The highest BCUT2D eigenvalue weighted by molar-refractivity contribution is 9.28. The van der Waals surface area contributed by atoms with Gasteiger partial charge in [0.05, 0.1) is 3.39 Å². The van der Waals surface area contributed by atoms with Crippen LogP contribution in [-0.4, -0.2) is 4.98 Å². The zero-order valence-electron chi connectivity index (χ0n) is 4.57. The SMILES string of the molecule is BrC(Br)=Cc1cc[nH]c1. The van der Waals surface area contributed by atoms with Gasteiger partial charge in [-0.3, -0.25) is 0 Å². The summed E-state index contributed by atoms with van der Waals surface area (Å²) in [5.74, 6) is 0. The van der Waals surface area contributed by atoms with Gasteiger partial charge in [0.25, 0.3) is 0 Å². The Labute approximate surface area is 70.4 Å². The highest BCUT2D eigenvalue weighted by atomic mass is 79.9. The molecule has 0 aliphatic carbocycles. The van der Waals surface area contributed by atoms with Crippen molar-refractivity contribution in [1.29, 1.82) is 0 Å². The topological polar surface area (TPSA) is 15.8 Å². The van der Waals surface area contributed by atoms with Gasteiger partial charge in [-0.15, -0.1) is 0 Å². The smallest absolute Gasteiger partial charge is 0.0610 e. The fourth-order valence-corrected chi connectivity index (χ4v) is 1.08. The Hall–Kier alpha value is -0.0200. The standard InChI is InChI=1S/C6H5Br2N/c7-6(8)3-5-1-2-9-4-5/h1-4,9H. The number of aromatic nitrogens is 1. The number of rotatable bonds is 1. The molecule has 1 nitrogen and oxygen atoms in total. The molecule has 0 amide bonds. The van der Waals surface area contributed by atoms with Crippen molar-refractivity contribution < 1.29 is 0 Å². The van der Waals surface area contributed by atoms with Crippen LogP contribution in [0.4, 0.5) is 0 Å². The van der Waals surface area contributed by atoms with Crippen LogP contribution < -0.4 is 0 Å². The first-order chi connectivity index (χ1) is 4.29. The molecule has 1 heterocycles. The van der Waals surface area contributed by atoms with Crippen molar-refractivity contribution in [3.05, 3.63) is 27.4 Å². The largest absolute Gasteiger partial charge is 0.367 e. The van der Waals surface area contributed by atoms with Gasteiger partial charge in [-0.1, -0.05) is 0 Å². The average molecular weight is 251 g/mol. The molecule has 0 saturated carbocycles. The molecule has 0 aliphatic heterocycles. The second kappa shape index (κ2) is 3.22. The molecule has 1 aromatic rings. The van der Waals surface area contributed by atoms with E-state index in [1.165, 1.54) is 0 Å². The average Bonchev–Trinajstić information content (AvgIpc) is 2.15. The fourth-order valence-electron chi connectivity index (χ4n) is 0.553. The van der Waals surface area contributed by atoms with Gasteiger partial charge in [0.15, 0.2) is 0 Å². The minimum Gasteiger partial charge on any atom is -0.367 e. The maximum Gasteiger partial charge on any atom is 0.0610 e. The molecule has 1 aromatic heterocycles. The lowest BCUT2D eigenvalue weighted by Gasteiger charge is -1.80. The van der Waals surface area contributed by atoms with Gasteiger partial charge in [0.1, 0.15) is 0 Å². The van der Waals surface area contributed by atoms with Crippen LogP contribution in [-0.2, 0) is 0 Å². The van der Waals surface area contributed by atoms with Crippen LogP contribution in [0.2, 0.25) is 0 Å². The third-order valence-electron chi connectivity index (χ3n) is 0.898. The summed E-state index contributed by atoms with van der Waals surface area (Å²) in [6, 6.07) is 1.99. The first kappa shape index (κ1) is 7.09. The number of aromatic amines is 1. The predicted molar refractivity (Wildman–Crippen MR) is 46.6 cm³/mol. The van der Waals surface area contributed by atoms with Crippen molar-refractivity contribution in [3.63, 3.8) is 0 Å². The van der Waals surface area contributed by atoms with Crippen LogP contribution in [0.5, 0.6) is 0 Å². The summed E-state index contributed by atoms with van der Waals surface area (Å²) >= 11 is 6.52. The van der Waals surface area contributed by atoms with E-state index < -0.39 is 0 Å². The lowest BCUT2D eigenvalue weighted by Crippen LogP contribution is -1.58. The molecule has 0 bridgehead atoms. The van der Waals surface area contributed by atoms with E-state index in [-0.39, 0.29) is 0 Å². The van der Waals surface area contributed by atoms with E-state index in [0.29, 0.717) is 0 Å². The molecule has 9 heavy (non-hydrogen) atoms. The molecule has 1 rings (SSSR count). The summed E-state index contributed by atoms with van der Waals surface area (Å²) in [4.78, 5) is 2.95. The number of hydrogen-bond donors (Lipinski definition) is 1. The molecule has 3 heteroatoms. The van der Waals surface area contributed by atoms with Crippen LogP contribution in [0.25, 0.3) is 6.08 Å². The van der Waals surface area contributed by atoms with Crippen molar-refractivity contribution in [2.45, 2.75) is 0 Å². The molecule has 0 radical (unpaired) electrons. The minimum atomic E-state index is 0.953. The molecule has 0 saturated heterocycles.